The van der Waals surface area contributed by atoms with E-state index in [-0.39, 0.29) is 12.4 Å². The molecule has 1 aromatic rings. The number of halogens is 1. The summed E-state index contributed by atoms with van der Waals surface area (Å²) in [7, 11) is 0. The molecule has 0 aromatic carbocycles. The predicted octanol–water partition coefficient (Wildman–Crippen LogP) is 1.22. The van der Waals surface area contributed by atoms with Gasteiger partial charge in [0.1, 0.15) is 18.5 Å². The quantitative estimate of drug-likeness (QED) is 0.709. The number of nitrogens with zero attached hydrogens (tertiary/aromatic N) is 2. The zero-order chi connectivity index (χ0) is 21.2. The van der Waals surface area contributed by atoms with Crippen LogP contribution in [0.4, 0.5) is 10.2 Å². The van der Waals surface area contributed by atoms with Gasteiger partial charge in [0.05, 0.1) is 11.8 Å². The van der Waals surface area contributed by atoms with Gasteiger partial charge in [-0.3, -0.25) is 14.2 Å². The molecule has 1 fully saturated rings. The van der Waals surface area contributed by atoms with E-state index in [1.165, 1.54) is 12.3 Å². The minimum Gasteiger partial charge on any atom is -0.463 e. The molecule has 0 saturated carbocycles. The molecule has 1 aliphatic rings. The molecule has 2 heterocycles. The van der Waals surface area contributed by atoms with Crippen LogP contribution in [0.3, 0.4) is 0 Å². The Morgan fingerprint density at radius 1 is 1.32 bits per heavy atom. The Morgan fingerprint density at radius 2 is 1.93 bits per heavy atom. The maximum atomic E-state index is 15.7. The Morgan fingerprint density at radius 3 is 2.46 bits per heavy atom. The van der Waals surface area contributed by atoms with E-state index >= 15 is 4.39 Å². The van der Waals surface area contributed by atoms with Crippen LogP contribution in [0.25, 0.3) is 0 Å². The Hall–Kier alpha value is -2.49. The lowest BCUT2D eigenvalue weighted by Crippen LogP contribution is -2.46. The maximum absolute atomic E-state index is 15.7. The summed E-state index contributed by atoms with van der Waals surface area (Å²) in [6.45, 7) is 7.33. The Bertz CT molecular complexity index is 792. The monoisotopic (exact) mass is 399 g/mol. The molecule has 2 N–H and O–H groups in total. The topological polar surface area (TPSA) is 123 Å². The van der Waals surface area contributed by atoms with Crippen molar-refractivity contribution in [2.45, 2.75) is 58.7 Å². The number of carbonyl (C=O) groups excluding carboxylic acids is 2. The Labute approximate surface area is 162 Å². The molecule has 9 nitrogen and oxygen atoms in total. The number of hydrogen-bond acceptors (Lipinski definition) is 8. The fourth-order valence-corrected chi connectivity index (χ4v) is 2.73. The molecule has 1 aromatic heterocycles. The molecule has 0 radical (unpaired) electrons. The van der Waals surface area contributed by atoms with E-state index < -0.39 is 53.6 Å². The van der Waals surface area contributed by atoms with Crippen LogP contribution >= 0.6 is 0 Å². The van der Waals surface area contributed by atoms with Crippen LogP contribution in [0.5, 0.6) is 0 Å². The molecule has 0 spiro atoms. The second-order valence-corrected chi connectivity index (χ2v) is 7.52. The van der Waals surface area contributed by atoms with Crippen molar-refractivity contribution in [2.75, 3.05) is 12.3 Å². The maximum Gasteiger partial charge on any atom is 0.351 e. The minimum atomic E-state index is -2.29. The standard InChI is InChI=1S/C18H26FN3O6/c1-9(2)14(23)26-8-11-13(28-15(24)10(3)4)18(5,19)16(27-11)22-7-6-12(20)21-17(22)25/h6-7,9-11,13,16H,8H2,1-5H3,(H2,20,21,25)/t11?,13?,16?,18-/m1/s1. The number of carbonyl (C=O) groups is 2. The van der Waals surface area contributed by atoms with E-state index in [0.29, 0.717) is 0 Å². The third-order valence-electron chi connectivity index (χ3n) is 4.36. The number of anilines is 1. The van der Waals surface area contributed by atoms with Crippen molar-refractivity contribution in [1.82, 2.24) is 9.55 Å². The highest BCUT2D eigenvalue weighted by Gasteiger charge is 2.58. The molecular formula is C18H26FN3O6. The highest BCUT2D eigenvalue weighted by molar-refractivity contribution is 5.72. The van der Waals surface area contributed by atoms with Gasteiger partial charge in [-0.25, -0.2) is 9.18 Å². The number of nitrogens with two attached hydrogens (primary N) is 1. The lowest BCUT2D eigenvalue weighted by atomic mass is 9.98. The Balaban J connectivity index is 2.34. The molecule has 1 saturated heterocycles. The molecule has 156 valence electrons. The Kier molecular flexibility index (Phi) is 6.43. The number of esters is 2. The molecular weight excluding hydrogens is 373 g/mol. The summed E-state index contributed by atoms with van der Waals surface area (Å²) >= 11 is 0. The first-order valence-electron chi connectivity index (χ1n) is 9.01. The van der Waals surface area contributed by atoms with Gasteiger partial charge in [0, 0.05) is 6.20 Å². The second kappa shape index (κ2) is 8.26. The van der Waals surface area contributed by atoms with Gasteiger partial charge < -0.3 is 19.9 Å². The smallest absolute Gasteiger partial charge is 0.351 e. The number of aromatic nitrogens is 2. The van der Waals surface area contributed by atoms with E-state index in [1.54, 1.807) is 27.7 Å². The predicted molar refractivity (Wildman–Crippen MR) is 96.8 cm³/mol. The van der Waals surface area contributed by atoms with Crippen LogP contribution < -0.4 is 11.4 Å². The van der Waals surface area contributed by atoms with E-state index in [4.69, 9.17) is 19.9 Å². The van der Waals surface area contributed by atoms with Gasteiger partial charge in [-0.1, -0.05) is 27.7 Å². The minimum absolute atomic E-state index is 0.0231. The molecule has 0 aliphatic carbocycles. The van der Waals surface area contributed by atoms with Crippen molar-refractivity contribution in [2.24, 2.45) is 11.8 Å². The van der Waals surface area contributed by atoms with Gasteiger partial charge in [-0.15, -0.1) is 0 Å². The lowest BCUT2D eigenvalue weighted by molar-refractivity contribution is -0.165. The van der Waals surface area contributed by atoms with Crippen molar-refractivity contribution in [3.63, 3.8) is 0 Å². The molecule has 3 unspecified atom stereocenters. The summed E-state index contributed by atoms with van der Waals surface area (Å²) in [6.07, 6.45) is -2.69. The average molecular weight is 399 g/mol. The van der Waals surface area contributed by atoms with Crippen LogP contribution in [0, 0.1) is 11.8 Å². The zero-order valence-corrected chi connectivity index (χ0v) is 16.5. The highest BCUT2D eigenvalue weighted by Crippen LogP contribution is 2.42. The van der Waals surface area contributed by atoms with Gasteiger partial charge in [-0.2, -0.15) is 4.98 Å². The van der Waals surface area contributed by atoms with Crippen LogP contribution in [0.1, 0.15) is 40.8 Å². The molecule has 0 amide bonds. The van der Waals surface area contributed by atoms with Gasteiger partial charge in [0.25, 0.3) is 0 Å². The molecule has 2 rings (SSSR count). The van der Waals surface area contributed by atoms with Gasteiger partial charge in [0.15, 0.2) is 18.0 Å². The van der Waals surface area contributed by atoms with Gasteiger partial charge in [0.2, 0.25) is 0 Å². The van der Waals surface area contributed by atoms with Gasteiger partial charge in [-0.05, 0) is 13.0 Å². The molecule has 10 heteroatoms. The van der Waals surface area contributed by atoms with E-state index in [9.17, 15) is 14.4 Å². The van der Waals surface area contributed by atoms with Crippen LogP contribution in [0.2, 0.25) is 0 Å². The van der Waals surface area contributed by atoms with Crippen molar-refractivity contribution < 1.29 is 28.2 Å². The third-order valence-corrected chi connectivity index (χ3v) is 4.36. The lowest BCUT2D eigenvalue weighted by Gasteiger charge is -2.28. The number of alkyl halides is 1. The van der Waals surface area contributed by atoms with Crippen molar-refractivity contribution in [3.05, 3.63) is 22.7 Å². The van der Waals surface area contributed by atoms with Crippen LogP contribution in [-0.4, -0.2) is 46.0 Å². The number of nitrogen functional groups attached to an aromatic ring is 1. The molecule has 1 aliphatic heterocycles. The van der Waals surface area contributed by atoms with E-state index in [1.807, 2.05) is 0 Å². The van der Waals surface area contributed by atoms with Crippen molar-refractivity contribution >= 4 is 17.8 Å². The second-order valence-electron chi connectivity index (χ2n) is 7.52. The molecule has 28 heavy (non-hydrogen) atoms. The number of ether oxygens (including phenoxy) is 3. The van der Waals surface area contributed by atoms with E-state index in [2.05, 4.69) is 4.98 Å². The first-order chi connectivity index (χ1) is 12.9. The van der Waals surface area contributed by atoms with Crippen LogP contribution in [-0.2, 0) is 23.8 Å². The summed E-state index contributed by atoms with van der Waals surface area (Å²) in [5.41, 5.74) is 2.36. The number of hydrogen-bond donors (Lipinski definition) is 1. The number of rotatable bonds is 6. The normalized spacial score (nSPS) is 27.2. The van der Waals surface area contributed by atoms with Crippen LogP contribution in [0.15, 0.2) is 17.1 Å². The summed E-state index contributed by atoms with van der Waals surface area (Å²) in [5, 5.41) is 0. The average Bonchev–Trinajstić information content (AvgIpc) is 2.83. The fourth-order valence-electron chi connectivity index (χ4n) is 2.73. The fraction of sp³-hybridized carbons (Fsp3) is 0.667. The summed E-state index contributed by atoms with van der Waals surface area (Å²) < 4.78 is 32.7. The molecule has 4 atom stereocenters. The van der Waals surface area contributed by atoms with Crippen molar-refractivity contribution in [1.29, 1.82) is 0 Å². The highest BCUT2D eigenvalue weighted by atomic mass is 19.1. The summed E-state index contributed by atoms with van der Waals surface area (Å²) in [5.74, 6) is -2.07. The largest absolute Gasteiger partial charge is 0.463 e. The van der Waals surface area contributed by atoms with E-state index in [0.717, 1.165) is 11.5 Å². The van der Waals surface area contributed by atoms with Gasteiger partial charge >= 0.3 is 17.6 Å². The molecule has 0 bridgehead atoms. The third kappa shape index (κ3) is 4.49. The first kappa shape index (κ1) is 21.8. The first-order valence-corrected chi connectivity index (χ1v) is 9.01. The SMILES string of the molecule is CC(C)C(=O)OCC1OC(n2ccc(N)nc2=O)[C@](C)(F)C1OC(=O)C(C)C. The summed E-state index contributed by atoms with van der Waals surface area (Å²) in [6, 6.07) is 1.32. The van der Waals surface area contributed by atoms with Crippen molar-refractivity contribution in [3.8, 4) is 0 Å². The summed E-state index contributed by atoms with van der Waals surface area (Å²) in [4.78, 5) is 39.6. The zero-order valence-electron chi connectivity index (χ0n) is 16.5.